The minimum absolute atomic E-state index is 0.751. The Morgan fingerprint density at radius 1 is 1.22 bits per heavy atom. The molecule has 92 valence electrons. The molecule has 0 aliphatic rings. The number of nitrogens with one attached hydrogen (secondary N) is 3. The Morgan fingerprint density at radius 3 is 3.00 bits per heavy atom. The lowest BCUT2D eigenvalue weighted by atomic mass is 10.2. The molecule has 0 aliphatic heterocycles. The molecule has 0 amide bonds. The highest BCUT2D eigenvalue weighted by molar-refractivity contribution is 6.31. The van der Waals surface area contributed by atoms with Crippen molar-refractivity contribution in [1.82, 2.24) is 20.5 Å². The minimum atomic E-state index is 0.751. The summed E-state index contributed by atoms with van der Waals surface area (Å²) in [6, 6.07) is 7.86. The number of aromatic amines is 2. The van der Waals surface area contributed by atoms with Gasteiger partial charge in [-0.3, -0.25) is 5.10 Å². The fourth-order valence-corrected chi connectivity index (χ4v) is 2.19. The lowest BCUT2D eigenvalue weighted by molar-refractivity contribution is 0.680. The minimum Gasteiger partial charge on any atom is -0.361 e. The van der Waals surface area contributed by atoms with Gasteiger partial charge in [-0.15, -0.1) is 0 Å². The van der Waals surface area contributed by atoms with Gasteiger partial charge in [-0.2, -0.15) is 5.10 Å². The third-order valence-corrected chi connectivity index (χ3v) is 3.15. The number of benzene rings is 1. The van der Waals surface area contributed by atoms with Crippen LogP contribution in [0.1, 0.15) is 11.3 Å². The summed E-state index contributed by atoms with van der Waals surface area (Å²) in [4.78, 5) is 3.23. The fourth-order valence-electron chi connectivity index (χ4n) is 2.02. The van der Waals surface area contributed by atoms with Crippen molar-refractivity contribution in [2.24, 2.45) is 0 Å². The van der Waals surface area contributed by atoms with E-state index in [1.165, 1.54) is 10.9 Å². The second-order valence-electron chi connectivity index (χ2n) is 4.19. The quantitative estimate of drug-likeness (QED) is 0.676. The van der Waals surface area contributed by atoms with Crippen LogP contribution in [0.5, 0.6) is 0 Å². The van der Waals surface area contributed by atoms with Crippen molar-refractivity contribution in [3.63, 3.8) is 0 Å². The lowest BCUT2D eigenvalue weighted by Crippen LogP contribution is -2.12. The van der Waals surface area contributed by atoms with Gasteiger partial charge in [-0.25, -0.2) is 0 Å². The van der Waals surface area contributed by atoms with E-state index in [0.717, 1.165) is 29.3 Å². The summed E-state index contributed by atoms with van der Waals surface area (Å²) in [5.41, 5.74) is 3.39. The predicted molar refractivity (Wildman–Crippen MR) is 72.4 cm³/mol. The molecule has 1 aromatic carbocycles. The van der Waals surface area contributed by atoms with Crippen molar-refractivity contribution in [3.8, 4) is 0 Å². The van der Waals surface area contributed by atoms with Crippen molar-refractivity contribution >= 4 is 22.5 Å². The smallest absolute Gasteiger partial charge is 0.0490 e. The van der Waals surface area contributed by atoms with E-state index in [0.29, 0.717) is 0 Å². The van der Waals surface area contributed by atoms with E-state index >= 15 is 0 Å². The molecular formula is C13H13ClN4. The average molecular weight is 261 g/mol. The summed E-state index contributed by atoms with van der Waals surface area (Å²) in [5.74, 6) is 0. The number of hydrogen-bond donors (Lipinski definition) is 3. The third-order valence-electron chi connectivity index (χ3n) is 2.92. The molecule has 2 heterocycles. The monoisotopic (exact) mass is 260 g/mol. The molecule has 0 unspecified atom stereocenters. The van der Waals surface area contributed by atoms with E-state index in [9.17, 15) is 0 Å². The first-order valence-electron chi connectivity index (χ1n) is 5.77. The van der Waals surface area contributed by atoms with E-state index in [4.69, 9.17) is 11.6 Å². The summed E-state index contributed by atoms with van der Waals surface area (Å²) in [5, 5.41) is 12.2. The van der Waals surface area contributed by atoms with E-state index in [2.05, 4.69) is 20.5 Å². The Labute approximate surface area is 109 Å². The van der Waals surface area contributed by atoms with Gasteiger partial charge >= 0.3 is 0 Å². The zero-order chi connectivity index (χ0) is 12.4. The topological polar surface area (TPSA) is 56.5 Å². The molecule has 5 heteroatoms. The average Bonchev–Trinajstić information content (AvgIpc) is 2.99. The molecule has 0 saturated carbocycles. The predicted octanol–water partition coefficient (Wildman–Crippen LogP) is 2.83. The molecule has 0 saturated heterocycles. The van der Waals surface area contributed by atoms with Gasteiger partial charge in [0.15, 0.2) is 0 Å². The second kappa shape index (κ2) is 4.84. The summed E-state index contributed by atoms with van der Waals surface area (Å²) in [6.45, 7) is 1.58. The Balaban J connectivity index is 1.71. The molecular weight excluding hydrogens is 248 g/mol. The van der Waals surface area contributed by atoms with Crippen LogP contribution in [0.4, 0.5) is 0 Å². The van der Waals surface area contributed by atoms with Crippen LogP contribution in [0.3, 0.4) is 0 Å². The van der Waals surface area contributed by atoms with Gasteiger partial charge in [-0.05, 0) is 23.8 Å². The van der Waals surface area contributed by atoms with Gasteiger partial charge < -0.3 is 10.3 Å². The number of nitrogens with zero attached hydrogens (tertiary/aromatic N) is 1. The van der Waals surface area contributed by atoms with Crippen molar-refractivity contribution in [3.05, 3.63) is 52.9 Å². The van der Waals surface area contributed by atoms with Gasteiger partial charge in [0.25, 0.3) is 0 Å². The molecule has 18 heavy (non-hydrogen) atoms. The van der Waals surface area contributed by atoms with E-state index in [1.54, 1.807) is 6.20 Å². The summed E-state index contributed by atoms with van der Waals surface area (Å²) in [6.07, 6.45) is 3.77. The van der Waals surface area contributed by atoms with Crippen molar-refractivity contribution in [2.45, 2.75) is 13.1 Å². The van der Waals surface area contributed by atoms with Crippen LogP contribution in [-0.4, -0.2) is 15.2 Å². The van der Waals surface area contributed by atoms with E-state index in [-0.39, 0.29) is 0 Å². The molecule has 0 bridgehead atoms. The maximum Gasteiger partial charge on any atom is 0.0490 e. The largest absolute Gasteiger partial charge is 0.361 e. The van der Waals surface area contributed by atoms with Crippen LogP contribution >= 0.6 is 11.6 Å². The standard InChI is InChI=1S/C13H13ClN4/c14-10-1-2-12-9(7-16-13(12)5-10)6-15-8-11-3-4-17-18-11/h1-5,7,15-16H,6,8H2,(H,17,18). The Bertz CT molecular complexity index is 642. The van der Waals surface area contributed by atoms with Gasteiger partial charge in [-0.1, -0.05) is 17.7 Å². The first kappa shape index (κ1) is 11.3. The highest BCUT2D eigenvalue weighted by atomic mass is 35.5. The molecule has 0 aliphatic carbocycles. The summed E-state index contributed by atoms with van der Waals surface area (Å²) >= 11 is 5.95. The molecule has 2 aromatic heterocycles. The lowest BCUT2D eigenvalue weighted by Gasteiger charge is -2.02. The SMILES string of the molecule is Clc1ccc2c(CNCc3ccn[nH]3)c[nH]c2c1. The number of H-pyrrole nitrogens is 2. The fraction of sp³-hybridized carbons (Fsp3) is 0.154. The highest BCUT2D eigenvalue weighted by Crippen LogP contribution is 2.21. The first-order valence-corrected chi connectivity index (χ1v) is 6.15. The zero-order valence-corrected chi connectivity index (χ0v) is 10.5. The number of fused-ring (bicyclic) bond motifs is 1. The normalized spacial score (nSPS) is 11.2. The number of halogens is 1. The molecule has 0 fully saturated rings. The third kappa shape index (κ3) is 2.25. The van der Waals surface area contributed by atoms with Crippen LogP contribution in [0.25, 0.3) is 10.9 Å². The van der Waals surface area contributed by atoms with Gasteiger partial charge in [0.05, 0.1) is 0 Å². The first-order chi connectivity index (χ1) is 8.83. The molecule has 3 rings (SSSR count). The Hall–Kier alpha value is -1.78. The van der Waals surface area contributed by atoms with E-state index in [1.807, 2.05) is 30.5 Å². The summed E-state index contributed by atoms with van der Waals surface area (Å²) < 4.78 is 0. The number of aromatic nitrogens is 3. The van der Waals surface area contributed by atoms with Crippen LogP contribution < -0.4 is 5.32 Å². The van der Waals surface area contributed by atoms with Gasteiger partial charge in [0.1, 0.15) is 0 Å². The molecule has 3 N–H and O–H groups in total. The second-order valence-corrected chi connectivity index (χ2v) is 4.63. The summed E-state index contributed by atoms with van der Waals surface area (Å²) in [7, 11) is 0. The molecule has 3 aromatic rings. The van der Waals surface area contributed by atoms with Gasteiger partial charge in [0, 0.05) is 47.1 Å². The molecule has 4 nitrogen and oxygen atoms in total. The van der Waals surface area contributed by atoms with Crippen molar-refractivity contribution in [1.29, 1.82) is 0 Å². The molecule has 0 spiro atoms. The van der Waals surface area contributed by atoms with Gasteiger partial charge in [0.2, 0.25) is 0 Å². The zero-order valence-electron chi connectivity index (χ0n) is 9.70. The van der Waals surface area contributed by atoms with E-state index < -0.39 is 0 Å². The maximum atomic E-state index is 5.95. The Morgan fingerprint density at radius 2 is 2.17 bits per heavy atom. The van der Waals surface area contributed by atoms with Crippen LogP contribution in [0, 0.1) is 0 Å². The van der Waals surface area contributed by atoms with Crippen LogP contribution in [-0.2, 0) is 13.1 Å². The van der Waals surface area contributed by atoms with Crippen LogP contribution in [0.2, 0.25) is 5.02 Å². The number of hydrogen-bond acceptors (Lipinski definition) is 2. The highest BCUT2D eigenvalue weighted by Gasteiger charge is 2.03. The maximum absolute atomic E-state index is 5.95. The van der Waals surface area contributed by atoms with Crippen molar-refractivity contribution in [2.75, 3.05) is 0 Å². The van der Waals surface area contributed by atoms with Crippen molar-refractivity contribution < 1.29 is 0 Å². The van der Waals surface area contributed by atoms with Crippen LogP contribution in [0.15, 0.2) is 36.7 Å². The molecule has 0 radical (unpaired) electrons. The number of rotatable bonds is 4. The Kier molecular flexibility index (Phi) is 3.04. The molecule has 0 atom stereocenters.